The van der Waals surface area contributed by atoms with Gasteiger partial charge in [0, 0.05) is 17.8 Å². The van der Waals surface area contributed by atoms with Crippen molar-refractivity contribution in [3.05, 3.63) is 35.1 Å². The molecule has 0 aromatic heterocycles. The predicted octanol–water partition coefficient (Wildman–Crippen LogP) is 3.15. The summed E-state index contributed by atoms with van der Waals surface area (Å²) < 4.78 is 13.5. The Morgan fingerprint density at radius 1 is 1.56 bits per heavy atom. The van der Waals surface area contributed by atoms with E-state index in [1.807, 2.05) is 17.8 Å². The molecule has 0 saturated carbocycles. The highest BCUT2D eigenvalue weighted by Crippen LogP contribution is 2.32. The molecule has 3 heteroatoms. The van der Waals surface area contributed by atoms with Crippen LogP contribution in [0.1, 0.15) is 30.5 Å². The molecule has 1 aliphatic rings. The molecular weight excluding hydrogens is 221 g/mol. The van der Waals surface area contributed by atoms with Gasteiger partial charge in [0.15, 0.2) is 0 Å². The molecule has 0 spiro atoms. The van der Waals surface area contributed by atoms with Crippen molar-refractivity contribution in [2.24, 2.45) is 0 Å². The van der Waals surface area contributed by atoms with Gasteiger partial charge in [0.1, 0.15) is 5.82 Å². The van der Waals surface area contributed by atoms with Crippen LogP contribution in [0.5, 0.6) is 0 Å². The molecule has 16 heavy (non-hydrogen) atoms. The van der Waals surface area contributed by atoms with Gasteiger partial charge in [-0.15, -0.1) is 0 Å². The first-order chi connectivity index (χ1) is 7.72. The Hall–Kier alpha value is -0.540. The van der Waals surface area contributed by atoms with Crippen LogP contribution in [0.4, 0.5) is 4.39 Å². The van der Waals surface area contributed by atoms with Crippen molar-refractivity contribution < 1.29 is 4.39 Å². The monoisotopic (exact) mass is 239 g/mol. The third-order valence-electron chi connectivity index (χ3n) is 3.12. The highest BCUT2D eigenvalue weighted by Gasteiger charge is 2.25. The number of hydrogen-bond acceptors (Lipinski definition) is 2. The fraction of sp³-hybridized carbons (Fsp3) is 0.538. The highest BCUT2D eigenvalue weighted by molar-refractivity contribution is 7.98. The summed E-state index contributed by atoms with van der Waals surface area (Å²) in [5.74, 6) is 1.06. The van der Waals surface area contributed by atoms with E-state index in [2.05, 4.69) is 24.6 Å². The molecule has 1 aliphatic carbocycles. The van der Waals surface area contributed by atoms with Gasteiger partial charge >= 0.3 is 0 Å². The highest BCUT2D eigenvalue weighted by atomic mass is 32.2. The van der Waals surface area contributed by atoms with Crippen molar-refractivity contribution in [1.29, 1.82) is 0 Å². The molecule has 0 amide bonds. The van der Waals surface area contributed by atoms with Gasteiger partial charge in [-0.1, -0.05) is 12.1 Å². The number of rotatable bonds is 4. The topological polar surface area (TPSA) is 12.0 Å². The standard InChI is InChI=1S/C13H18FNS/c1-9(8-16-2)15-13-7-6-10-11(13)4-3-5-12(10)14/h3-5,9,13,15H,6-8H2,1-2H3. The number of hydrogen-bond donors (Lipinski definition) is 1. The molecule has 1 nitrogen and oxygen atoms in total. The summed E-state index contributed by atoms with van der Waals surface area (Å²) in [5, 5.41) is 3.58. The van der Waals surface area contributed by atoms with Crippen molar-refractivity contribution in [1.82, 2.24) is 5.32 Å². The Labute approximate surface area is 101 Å². The van der Waals surface area contributed by atoms with Crippen LogP contribution >= 0.6 is 11.8 Å². The average molecular weight is 239 g/mol. The molecule has 88 valence electrons. The van der Waals surface area contributed by atoms with Crippen LogP contribution in [0.25, 0.3) is 0 Å². The maximum absolute atomic E-state index is 13.5. The Bertz CT molecular complexity index is 367. The second kappa shape index (κ2) is 5.19. The lowest BCUT2D eigenvalue weighted by atomic mass is 10.1. The number of nitrogens with one attached hydrogen (secondary N) is 1. The van der Waals surface area contributed by atoms with Crippen LogP contribution in [0.15, 0.2) is 18.2 Å². The van der Waals surface area contributed by atoms with Crippen molar-refractivity contribution in [3.8, 4) is 0 Å². The zero-order chi connectivity index (χ0) is 11.5. The smallest absolute Gasteiger partial charge is 0.126 e. The first kappa shape index (κ1) is 11.9. The Kier molecular flexibility index (Phi) is 3.87. The minimum absolute atomic E-state index is 0.0423. The first-order valence-electron chi connectivity index (χ1n) is 5.74. The fourth-order valence-electron chi connectivity index (χ4n) is 2.42. The van der Waals surface area contributed by atoms with Gasteiger partial charge < -0.3 is 5.32 Å². The molecule has 1 aromatic rings. The molecule has 1 N–H and O–H groups in total. The van der Waals surface area contributed by atoms with E-state index < -0.39 is 0 Å². The van der Waals surface area contributed by atoms with E-state index in [-0.39, 0.29) is 5.82 Å². The van der Waals surface area contributed by atoms with Gasteiger partial charge in [0.05, 0.1) is 0 Å². The van der Waals surface area contributed by atoms with E-state index in [4.69, 9.17) is 0 Å². The summed E-state index contributed by atoms with van der Waals surface area (Å²) in [6.45, 7) is 2.19. The maximum atomic E-state index is 13.5. The summed E-state index contributed by atoms with van der Waals surface area (Å²) in [6.07, 6.45) is 4.00. The zero-order valence-electron chi connectivity index (χ0n) is 9.79. The quantitative estimate of drug-likeness (QED) is 0.866. The summed E-state index contributed by atoms with van der Waals surface area (Å²) in [5.41, 5.74) is 2.07. The zero-order valence-corrected chi connectivity index (χ0v) is 10.6. The van der Waals surface area contributed by atoms with Gasteiger partial charge in [0.25, 0.3) is 0 Å². The van der Waals surface area contributed by atoms with Gasteiger partial charge in [-0.3, -0.25) is 0 Å². The maximum Gasteiger partial charge on any atom is 0.126 e. The van der Waals surface area contributed by atoms with Gasteiger partial charge in [-0.2, -0.15) is 11.8 Å². The summed E-state index contributed by atoms with van der Waals surface area (Å²) in [6, 6.07) is 6.25. The van der Waals surface area contributed by atoms with Crippen LogP contribution in [0.2, 0.25) is 0 Å². The molecule has 0 saturated heterocycles. The largest absolute Gasteiger partial charge is 0.307 e. The fourth-order valence-corrected chi connectivity index (χ4v) is 3.02. The molecule has 1 aromatic carbocycles. The number of fused-ring (bicyclic) bond motifs is 1. The average Bonchev–Trinajstić information content (AvgIpc) is 2.64. The Balaban J connectivity index is 2.09. The van der Waals surface area contributed by atoms with E-state index in [1.165, 1.54) is 0 Å². The van der Waals surface area contributed by atoms with Crippen molar-refractivity contribution in [3.63, 3.8) is 0 Å². The lowest BCUT2D eigenvalue weighted by Crippen LogP contribution is -2.31. The summed E-state index contributed by atoms with van der Waals surface area (Å²) >= 11 is 1.84. The van der Waals surface area contributed by atoms with Crippen molar-refractivity contribution in [2.45, 2.75) is 31.8 Å². The number of thioether (sulfide) groups is 1. The number of halogens is 1. The molecule has 0 aliphatic heterocycles. The predicted molar refractivity (Wildman–Crippen MR) is 68.4 cm³/mol. The lowest BCUT2D eigenvalue weighted by molar-refractivity contribution is 0.479. The molecule has 0 fully saturated rings. The van der Waals surface area contributed by atoms with E-state index in [1.54, 1.807) is 6.07 Å². The third kappa shape index (κ3) is 2.41. The molecule has 0 radical (unpaired) electrons. The van der Waals surface area contributed by atoms with Gasteiger partial charge in [0.2, 0.25) is 0 Å². The lowest BCUT2D eigenvalue weighted by Gasteiger charge is -2.19. The normalized spacial score (nSPS) is 20.8. The van der Waals surface area contributed by atoms with Crippen molar-refractivity contribution >= 4 is 11.8 Å². The SMILES string of the molecule is CSCC(C)NC1CCc2c(F)cccc21. The second-order valence-corrected chi connectivity index (χ2v) is 5.33. The van der Waals surface area contributed by atoms with Crippen LogP contribution in [-0.4, -0.2) is 18.1 Å². The molecule has 2 atom stereocenters. The van der Waals surface area contributed by atoms with Crippen LogP contribution in [0, 0.1) is 5.82 Å². The van der Waals surface area contributed by atoms with Gasteiger partial charge in [-0.25, -0.2) is 4.39 Å². The van der Waals surface area contributed by atoms with E-state index >= 15 is 0 Å². The van der Waals surface area contributed by atoms with Crippen LogP contribution in [0.3, 0.4) is 0 Å². The number of benzene rings is 1. The molecule has 2 rings (SSSR count). The van der Waals surface area contributed by atoms with E-state index in [9.17, 15) is 4.39 Å². The summed E-state index contributed by atoms with van der Waals surface area (Å²) in [7, 11) is 0. The molecule has 0 heterocycles. The van der Waals surface area contributed by atoms with Crippen LogP contribution in [-0.2, 0) is 6.42 Å². The van der Waals surface area contributed by atoms with E-state index in [0.717, 1.165) is 29.7 Å². The molecule has 2 unspecified atom stereocenters. The van der Waals surface area contributed by atoms with E-state index in [0.29, 0.717) is 12.1 Å². The van der Waals surface area contributed by atoms with Crippen molar-refractivity contribution in [2.75, 3.05) is 12.0 Å². The van der Waals surface area contributed by atoms with Gasteiger partial charge in [-0.05, 0) is 43.2 Å². The first-order valence-corrected chi connectivity index (χ1v) is 7.14. The summed E-state index contributed by atoms with van der Waals surface area (Å²) in [4.78, 5) is 0. The Morgan fingerprint density at radius 3 is 3.12 bits per heavy atom. The minimum Gasteiger partial charge on any atom is -0.307 e. The molecular formula is C13H18FNS. The minimum atomic E-state index is -0.0423. The van der Waals surface area contributed by atoms with Crippen LogP contribution < -0.4 is 5.32 Å². The second-order valence-electron chi connectivity index (χ2n) is 4.42. The third-order valence-corrected chi connectivity index (χ3v) is 3.95. The molecule has 0 bridgehead atoms. The Morgan fingerprint density at radius 2 is 2.38 bits per heavy atom.